The van der Waals surface area contributed by atoms with Gasteiger partial charge < -0.3 is 10.4 Å². The number of carbonyl (C=O) groups excluding carboxylic acids is 1. The Balaban J connectivity index is 1.94. The summed E-state index contributed by atoms with van der Waals surface area (Å²) >= 11 is 0. The molecule has 0 aromatic heterocycles. The van der Waals surface area contributed by atoms with Gasteiger partial charge in [-0.2, -0.15) is 0 Å². The van der Waals surface area contributed by atoms with Crippen molar-refractivity contribution in [2.75, 3.05) is 25.0 Å². The molecule has 1 aliphatic rings. The van der Waals surface area contributed by atoms with Crippen molar-refractivity contribution in [3.8, 4) is 0 Å². The van der Waals surface area contributed by atoms with Crippen LogP contribution in [0.1, 0.15) is 36.8 Å². The zero-order valence-corrected chi connectivity index (χ0v) is 13.1. The Bertz CT molecular complexity index is 488. The minimum atomic E-state index is -0.00129. The van der Waals surface area contributed by atoms with Gasteiger partial charge in [0.2, 0.25) is 5.91 Å². The zero-order chi connectivity index (χ0) is 15.2. The molecule has 1 saturated heterocycles. The van der Waals surface area contributed by atoms with Crippen LogP contribution in [0.3, 0.4) is 0 Å². The third-order valence-corrected chi connectivity index (χ3v) is 4.35. The maximum absolute atomic E-state index is 12.2. The third kappa shape index (κ3) is 4.55. The Hall–Kier alpha value is -1.39. The number of benzene rings is 1. The van der Waals surface area contributed by atoms with Crippen molar-refractivity contribution in [3.05, 3.63) is 29.3 Å². The van der Waals surface area contributed by atoms with Crippen molar-refractivity contribution in [1.29, 1.82) is 0 Å². The van der Waals surface area contributed by atoms with E-state index in [1.165, 1.54) is 17.5 Å². The lowest BCUT2D eigenvalue weighted by molar-refractivity contribution is -0.118. The fraction of sp³-hybridized carbons (Fsp3) is 0.588. The molecular weight excluding hydrogens is 264 g/mol. The van der Waals surface area contributed by atoms with Gasteiger partial charge in [0.1, 0.15) is 0 Å². The molecule has 0 radical (unpaired) electrons. The number of anilines is 1. The highest BCUT2D eigenvalue weighted by atomic mass is 16.3. The van der Waals surface area contributed by atoms with E-state index in [1.54, 1.807) is 0 Å². The number of amides is 1. The molecule has 1 aromatic rings. The van der Waals surface area contributed by atoms with E-state index in [1.807, 2.05) is 25.1 Å². The van der Waals surface area contributed by atoms with E-state index in [4.69, 9.17) is 0 Å². The number of nitrogens with one attached hydrogen (secondary N) is 1. The second-order valence-electron chi connectivity index (χ2n) is 6.00. The summed E-state index contributed by atoms with van der Waals surface area (Å²) in [7, 11) is 0. The first-order valence-corrected chi connectivity index (χ1v) is 7.82. The van der Waals surface area contributed by atoms with Gasteiger partial charge in [0, 0.05) is 11.7 Å². The van der Waals surface area contributed by atoms with Crippen molar-refractivity contribution in [2.45, 2.75) is 45.6 Å². The molecule has 1 heterocycles. The first-order chi connectivity index (χ1) is 10.1. The second kappa shape index (κ2) is 7.57. The first kappa shape index (κ1) is 16.0. The molecule has 21 heavy (non-hydrogen) atoms. The molecular formula is C17H26N2O2. The number of aliphatic hydroxyl groups is 1. The molecule has 1 aromatic carbocycles. The van der Waals surface area contributed by atoms with Crippen LogP contribution in [0.15, 0.2) is 18.2 Å². The maximum atomic E-state index is 12.2. The van der Waals surface area contributed by atoms with Crippen molar-refractivity contribution in [1.82, 2.24) is 4.90 Å². The van der Waals surface area contributed by atoms with E-state index in [9.17, 15) is 9.90 Å². The fourth-order valence-electron chi connectivity index (χ4n) is 2.86. The highest BCUT2D eigenvalue weighted by Gasteiger charge is 2.22. The Kier molecular flexibility index (Phi) is 5.76. The third-order valence-electron chi connectivity index (χ3n) is 4.35. The molecule has 1 unspecified atom stereocenters. The number of nitrogens with zero attached hydrogens (tertiary/aromatic N) is 1. The van der Waals surface area contributed by atoms with Crippen molar-refractivity contribution >= 4 is 11.6 Å². The lowest BCUT2D eigenvalue weighted by Gasteiger charge is -2.27. The summed E-state index contributed by atoms with van der Waals surface area (Å²) in [6, 6.07) is 6.08. The number of carbonyl (C=O) groups is 1. The zero-order valence-electron chi connectivity index (χ0n) is 13.1. The predicted molar refractivity (Wildman–Crippen MR) is 85.5 cm³/mol. The van der Waals surface area contributed by atoms with Gasteiger partial charge in [-0.15, -0.1) is 0 Å². The average Bonchev–Trinajstić information content (AvgIpc) is 2.68. The van der Waals surface area contributed by atoms with Crippen molar-refractivity contribution in [3.63, 3.8) is 0 Å². The summed E-state index contributed by atoms with van der Waals surface area (Å²) in [5, 5.41) is 12.4. The highest BCUT2D eigenvalue weighted by molar-refractivity contribution is 5.92. The van der Waals surface area contributed by atoms with Crippen LogP contribution in [0.2, 0.25) is 0 Å². The summed E-state index contributed by atoms with van der Waals surface area (Å²) in [6.07, 6.45) is 4.41. The number of aryl methyl sites for hydroxylation is 2. The quantitative estimate of drug-likeness (QED) is 0.895. The molecule has 1 atom stereocenters. The van der Waals surface area contributed by atoms with Crippen LogP contribution in [0.25, 0.3) is 0 Å². The summed E-state index contributed by atoms with van der Waals surface area (Å²) in [4.78, 5) is 14.3. The summed E-state index contributed by atoms with van der Waals surface area (Å²) in [5.41, 5.74) is 3.25. The van der Waals surface area contributed by atoms with E-state index in [0.29, 0.717) is 6.54 Å². The molecule has 2 rings (SSSR count). The molecule has 4 nitrogen and oxygen atoms in total. The molecule has 0 saturated carbocycles. The summed E-state index contributed by atoms with van der Waals surface area (Å²) < 4.78 is 0. The number of hydrogen-bond acceptors (Lipinski definition) is 3. The van der Waals surface area contributed by atoms with Crippen LogP contribution in [0.4, 0.5) is 5.69 Å². The van der Waals surface area contributed by atoms with Crippen LogP contribution in [-0.2, 0) is 4.79 Å². The molecule has 2 N–H and O–H groups in total. The lowest BCUT2D eigenvalue weighted by atomic mass is 10.1. The topological polar surface area (TPSA) is 52.6 Å². The monoisotopic (exact) mass is 290 g/mol. The fourth-order valence-corrected chi connectivity index (χ4v) is 2.86. The maximum Gasteiger partial charge on any atom is 0.238 e. The van der Waals surface area contributed by atoms with Crippen LogP contribution in [0.5, 0.6) is 0 Å². The Labute approximate surface area is 127 Å². The smallest absolute Gasteiger partial charge is 0.238 e. The minimum absolute atomic E-state index is 0.00129. The molecule has 0 spiro atoms. The molecule has 1 amide bonds. The van der Waals surface area contributed by atoms with Crippen molar-refractivity contribution < 1.29 is 9.90 Å². The first-order valence-electron chi connectivity index (χ1n) is 7.82. The number of likely N-dealkylation sites (tertiary alicyclic amines) is 1. The molecule has 0 aliphatic carbocycles. The predicted octanol–water partition coefficient (Wildman–Crippen LogP) is 2.48. The molecule has 0 bridgehead atoms. The standard InChI is InChI=1S/C17H26N2O2/c1-13-7-8-15(10-14(13)2)18-17(21)11-19-9-5-3-4-6-16(19)12-20/h7-8,10,16,20H,3-6,9,11-12H2,1-2H3,(H,18,21). The Morgan fingerprint density at radius 2 is 2.10 bits per heavy atom. The number of hydrogen-bond donors (Lipinski definition) is 2. The summed E-state index contributed by atoms with van der Waals surface area (Å²) in [6.45, 7) is 5.49. The van der Waals surface area contributed by atoms with E-state index in [0.717, 1.165) is 31.5 Å². The minimum Gasteiger partial charge on any atom is -0.395 e. The van der Waals surface area contributed by atoms with Gasteiger partial charge in [-0.3, -0.25) is 9.69 Å². The normalized spacial score (nSPS) is 20.0. The van der Waals surface area contributed by atoms with Gasteiger partial charge in [-0.25, -0.2) is 0 Å². The number of rotatable bonds is 4. The molecule has 4 heteroatoms. The van der Waals surface area contributed by atoms with Crippen LogP contribution >= 0.6 is 0 Å². The van der Waals surface area contributed by atoms with Crippen molar-refractivity contribution in [2.24, 2.45) is 0 Å². The van der Waals surface area contributed by atoms with E-state index >= 15 is 0 Å². The lowest BCUT2D eigenvalue weighted by Crippen LogP contribution is -2.42. The van der Waals surface area contributed by atoms with Gasteiger partial charge in [-0.05, 0) is 56.5 Å². The number of aliphatic hydroxyl groups excluding tert-OH is 1. The summed E-state index contributed by atoms with van der Waals surface area (Å²) in [5.74, 6) is -0.00129. The Morgan fingerprint density at radius 3 is 2.81 bits per heavy atom. The van der Waals surface area contributed by atoms with Gasteiger partial charge in [0.25, 0.3) is 0 Å². The second-order valence-corrected chi connectivity index (χ2v) is 6.00. The van der Waals surface area contributed by atoms with Gasteiger partial charge in [0.15, 0.2) is 0 Å². The SMILES string of the molecule is Cc1ccc(NC(=O)CN2CCCCCC2CO)cc1C. The van der Waals surface area contributed by atoms with Gasteiger partial charge >= 0.3 is 0 Å². The highest BCUT2D eigenvalue weighted by Crippen LogP contribution is 2.17. The molecule has 116 valence electrons. The van der Waals surface area contributed by atoms with Crippen LogP contribution < -0.4 is 5.32 Å². The van der Waals surface area contributed by atoms with Crippen LogP contribution in [0, 0.1) is 13.8 Å². The van der Waals surface area contributed by atoms with E-state index < -0.39 is 0 Å². The molecule has 1 fully saturated rings. The van der Waals surface area contributed by atoms with Gasteiger partial charge in [0.05, 0.1) is 13.2 Å². The Morgan fingerprint density at radius 1 is 1.29 bits per heavy atom. The largest absolute Gasteiger partial charge is 0.395 e. The van der Waals surface area contributed by atoms with E-state index in [2.05, 4.69) is 17.1 Å². The van der Waals surface area contributed by atoms with E-state index in [-0.39, 0.29) is 18.6 Å². The molecule has 1 aliphatic heterocycles. The average molecular weight is 290 g/mol. The van der Waals surface area contributed by atoms with Gasteiger partial charge in [-0.1, -0.05) is 18.9 Å². The van der Waals surface area contributed by atoms with Crippen LogP contribution in [-0.4, -0.2) is 41.7 Å².